The van der Waals surface area contributed by atoms with E-state index in [1.807, 2.05) is 11.9 Å². The molecule has 17 heavy (non-hydrogen) atoms. The normalized spacial score (nSPS) is 30.5. The monoisotopic (exact) mass is 238 g/mol. The molecule has 0 aromatic heterocycles. The lowest BCUT2D eigenvalue weighted by Crippen LogP contribution is -2.44. The fourth-order valence-corrected chi connectivity index (χ4v) is 3.30. The highest BCUT2D eigenvalue weighted by atomic mass is 16.2. The molecule has 2 rings (SSSR count). The van der Waals surface area contributed by atoms with Gasteiger partial charge in [0.2, 0.25) is 5.91 Å². The largest absolute Gasteiger partial charge is 0.343 e. The van der Waals surface area contributed by atoms with Gasteiger partial charge in [-0.1, -0.05) is 13.3 Å². The van der Waals surface area contributed by atoms with Gasteiger partial charge in [-0.25, -0.2) is 0 Å². The van der Waals surface area contributed by atoms with Gasteiger partial charge in [0.1, 0.15) is 0 Å². The molecule has 1 saturated carbocycles. The van der Waals surface area contributed by atoms with Gasteiger partial charge in [0.05, 0.1) is 0 Å². The predicted octanol–water partition coefficient (Wildman–Crippen LogP) is 2.02. The molecule has 1 N–H and O–H groups in total. The van der Waals surface area contributed by atoms with E-state index in [2.05, 4.69) is 12.2 Å². The second kappa shape index (κ2) is 5.85. The van der Waals surface area contributed by atoms with E-state index in [0.29, 0.717) is 17.9 Å². The maximum atomic E-state index is 12.2. The summed E-state index contributed by atoms with van der Waals surface area (Å²) in [6, 6.07) is 0.475. The first-order chi connectivity index (χ1) is 8.16. The number of piperidine rings is 1. The predicted molar refractivity (Wildman–Crippen MR) is 69.8 cm³/mol. The Kier molecular flexibility index (Phi) is 4.43. The molecule has 98 valence electrons. The van der Waals surface area contributed by atoms with E-state index in [0.717, 1.165) is 38.3 Å². The second-order valence-corrected chi connectivity index (χ2v) is 5.97. The molecule has 1 amide bonds. The molecule has 0 radical (unpaired) electrons. The number of hydrogen-bond donors (Lipinski definition) is 1. The standard InChI is InChI=1S/C14H26N2O/c1-11-3-4-12(9-11)10-14(17)16(2)13-5-7-15-8-6-13/h11-13,15H,3-10H2,1-2H3. The van der Waals surface area contributed by atoms with Crippen molar-refractivity contribution in [1.29, 1.82) is 0 Å². The van der Waals surface area contributed by atoms with Crippen molar-refractivity contribution in [3.8, 4) is 0 Å². The highest BCUT2D eigenvalue weighted by Gasteiger charge is 2.27. The van der Waals surface area contributed by atoms with Gasteiger partial charge in [0.15, 0.2) is 0 Å². The average Bonchev–Trinajstić information content (AvgIpc) is 2.75. The molecule has 2 fully saturated rings. The molecule has 1 aliphatic carbocycles. The Labute approximate surface area is 105 Å². The number of nitrogens with one attached hydrogen (secondary N) is 1. The first-order valence-corrected chi connectivity index (χ1v) is 7.13. The summed E-state index contributed by atoms with van der Waals surface area (Å²) in [6.45, 7) is 4.42. The molecule has 3 nitrogen and oxygen atoms in total. The molecule has 0 spiro atoms. The van der Waals surface area contributed by atoms with E-state index >= 15 is 0 Å². The summed E-state index contributed by atoms with van der Waals surface area (Å²) in [5, 5.41) is 3.35. The van der Waals surface area contributed by atoms with Crippen LogP contribution in [-0.4, -0.2) is 37.0 Å². The zero-order valence-electron chi connectivity index (χ0n) is 11.2. The molecular formula is C14H26N2O. The summed E-state index contributed by atoms with van der Waals surface area (Å²) in [7, 11) is 2.00. The first kappa shape index (κ1) is 12.9. The Morgan fingerprint density at radius 3 is 2.53 bits per heavy atom. The molecule has 0 bridgehead atoms. The summed E-state index contributed by atoms with van der Waals surface area (Å²) in [5.41, 5.74) is 0. The number of amides is 1. The van der Waals surface area contributed by atoms with Crippen molar-refractivity contribution in [3.05, 3.63) is 0 Å². The van der Waals surface area contributed by atoms with Crippen molar-refractivity contribution in [3.63, 3.8) is 0 Å². The third-order valence-corrected chi connectivity index (χ3v) is 4.52. The van der Waals surface area contributed by atoms with E-state index in [4.69, 9.17) is 0 Å². The molecule has 0 aromatic rings. The fraction of sp³-hybridized carbons (Fsp3) is 0.929. The second-order valence-electron chi connectivity index (χ2n) is 5.97. The average molecular weight is 238 g/mol. The van der Waals surface area contributed by atoms with Crippen LogP contribution < -0.4 is 5.32 Å². The smallest absolute Gasteiger partial charge is 0.222 e. The number of nitrogens with zero attached hydrogens (tertiary/aromatic N) is 1. The SMILES string of the molecule is CC1CCC(CC(=O)N(C)C2CCNCC2)C1. The van der Waals surface area contributed by atoms with Crippen LogP contribution in [0.3, 0.4) is 0 Å². The number of hydrogen-bond acceptors (Lipinski definition) is 2. The van der Waals surface area contributed by atoms with E-state index < -0.39 is 0 Å². The summed E-state index contributed by atoms with van der Waals surface area (Å²) in [4.78, 5) is 14.2. The molecule has 2 unspecified atom stereocenters. The maximum Gasteiger partial charge on any atom is 0.222 e. The Hall–Kier alpha value is -0.570. The summed E-state index contributed by atoms with van der Waals surface area (Å²) >= 11 is 0. The summed E-state index contributed by atoms with van der Waals surface area (Å²) < 4.78 is 0. The highest BCUT2D eigenvalue weighted by Crippen LogP contribution is 2.33. The quantitative estimate of drug-likeness (QED) is 0.816. The third kappa shape index (κ3) is 3.44. The van der Waals surface area contributed by atoms with Crippen LogP contribution in [0, 0.1) is 11.8 Å². The van der Waals surface area contributed by atoms with Gasteiger partial charge in [-0.05, 0) is 50.6 Å². The van der Waals surface area contributed by atoms with Crippen molar-refractivity contribution in [1.82, 2.24) is 10.2 Å². The van der Waals surface area contributed by atoms with Crippen molar-refractivity contribution in [2.75, 3.05) is 20.1 Å². The minimum absolute atomic E-state index is 0.371. The molecular weight excluding hydrogens is 212 g/mol. The van der Waals surface area contributed by atoms with Crippen LogP contribution in [0.25, 0.3) is 0 Å². The topological polar surface area (TPSA) is 32.3 Å². The van der Waals surface area contributed by atoms with Crippen LogP contribution in [0.2, 0.25) is 0 Å². The molecule has 3 heteroatoms. The maximum absolute atomic E-state index is 12.2. The van der Waals surface area contributed by atoms with Gasteiger partial charge in [0.25, 0.3) is 0 Å². The van der Waals surface area contributed by atoms with Crippen molar-refractivity contribution in [2.24, 2.45) is 11.8 Å². The van der Waals surface area contributed by atoms with E-state index in [9.17, 15) is 4.79 Å². The van der Waals surface area contributed by atoms with Crippen LogP contribution in [0.15, 0.2) is 0 Å². The zero-order valence-corrected chi connectivity index (χ0v) is 11.2. The number of rotatable bonds is 3. The van der Waals surface area contributed by atoms with Gasteiger partial charge in [-0.3, -0.25) is 4.79 Å². The molecule has 1 saturated heterocycles. The van der Waals surface area contributed by atoms with Gasteiger partial charge in [-0.2, -0.15) is 0 Å². The third-order valence-electron chi connectivity index (χ3n) is 4.52. The van der Waals surface area contributed by atoms with Gasteiger partial charge < -0.3 is 10.2 Å². The summed E-state index contributed by atoms with van der Waals surface area (Å²) in [5.74, 6) is 1.86. The molecule has 2 atom stereocenters. The minimum Gasteiger partial charge on any atom is -0.343 e. The molecule has 1 aliphatic heterocycles. The Balaban J connectivity index is 1.78. The molecule has 1 heterocycles. The fourth-order valence-electron chi connectivity index (χ4n) is 3.30. The highest BCUT2D eigenvalue weighted by molar-refractivity contribution is 5.76. The van der Waals surface area contributed by atoms with Gasteiger partial charge >= 0.3 is 0 Å². The molecule has 0 aromatic carbocycles. The summed E-state index contributed by atoms with van der Waals surface area (Å²) in [6.07, 6.45) is 6.84. The van der Waals surface area contributed by atoms with E-state index in [1.165, 1.54) is 19.3 Å². The van der Waals surface area contributed by atoms with E-state index in [1.54, 1.807) is 0 Å². The lowest BCUT2D eigenvalue weighted by atomic mass is 9.99. The van der Waals surface area contributed by atoms with Gasteiger partial charge in [0, 0.05) is 19.5 Å². The van der Waals surface area contributed by atoms with Crippen LogP contribution in [-0.2, 0) is 4.79 Å². The van der Waals surface area contributed by atoms with Crippen molar-refractivity contribution in [2.45, 2.75) is 51.5 Å². The lowest BCUT2D eigenvalue weighted by Gasteiger charge is -2.32. The molecule has 2 aliphatic rings. The Morgan fingerprint density at radius 1 is 1.24 bits per heavy atom. The van der Waals surface area contributed by atoms with E-state index in [-0.39, 0.29) is 0 Å². The lowest BCUT2D eigenvalue weighted by molar-refractivity contribution is -0.133. The van der Waals surface area contributed by atoms with Crippen molar-refractivity contribution < 1.29 is 4.79 Å². The first-order valence-electron chi connectivity index (χ1n) is 7.13. The van der Waals surface area contributed by atoms with Crippen LogP contribution in [0.1, 0.15) is 45.4 Å². The van der Waals surface area contributed by atoms with Crippen LogP contribution in [0.4, 0.5) is 0 Å². The van der Waals surface area contributed by atoms with Gasteiger partial charge in [-0.15, -0.1) is 0 Å². The Morgan fingerprint density at radius 2 is 1.94 bits per heavy atom. The minimum atomic E-state index is 0.371. The van der Waals surface area contributed by atoms with Crippen molar-refractivity contribution >= 4 is 5.91 Å². The van der Waals surface area contributed by atoms with Crippen LogP contribution in [0.5, 0.6) is 0 Å². The Bertz CT molecular complexity index is 261. The zero-order chi connectivity index (χ0) is 12.3. The number of carbonyl (C=O) groups is 1. The number of carbonyl (C=O) groups excluding carboxylic acids is 1. The van der Waals surface area contributed by atoms with Crippen LogP contribution >= 0.6 is 0 Å².